The average Bonchev–Trinajstić information content (AvgIpc) is 3.12. The van der Waals surface area contributed by atoms with Gasteiger partial charge >= 0.3 is 0 Å². The number of nitrogens with zero attached hydrogens (tertiary/aromatic N) is 2. The monoisotopic (exact) mass is 488 g/mol. The molecular formula is C23H24N2O6S2. The number of sulfone groups is 1. The van der Waals surface area contributed by atoms with Crippen LogP contribution in [0.3, 0.4) is 0 Å². The number of carbonyl (C=O) groups is 1. The van der Waals surface area contributed by atoms with Crippen LogP contribution in [-0.4, -0.2) is 46.5 Å². The molecule has 0 bridgehead atoms. The van der Waals surface area contributed by atoms with E-state index in [4.69, 9.17) is 14.2 Å². The van der Waals surface area contributed by atoms with Crippen LogP contribution in [0.15, 0.2) is 59.0 Å². The number of carbonyl (C=O) groups excluding carboxylic acids is 1. The van der Waals surface area contributed by atoms with Crippen LogP contribution in [0.5, 0.6) is 17.2 Å². The fraction of sp³-hybridized carbons (Fsp3) is 0.217. The Bertz CT molecular complexity index is 1390. The van der Waals surface area contributed by atoms with E-state index >= 15 is 0 Å². The summed E-state index contributed by atoms with van der Waals surface area (Å²) in [5.41, 5.74) is 1.44. The van der Waals surface area contributed by atoms with Crippen molar-refractivity contribution in [2.75, 3.05) is 27.6 Å². The number of benzene rings is 2. The van der Waals surface area contributed by atoms with Gasteiger partial charge in [-0.05, 0) is 42.0 Å². The third-order valence-electron chi connectivity index (χ3n) is 4.71. The summed E-state index contributed by atoms with van der Waals surface area (Å²) >= 11 is 1.23. The van der Waals surface area contributed by atoms with Crippen LogP contribution in [0, 0.1) is 0 Å². The van der Waals surface area contributed by atoms with Crippen LogP contribution < -0.4 is 19.0 Å². The minimum atomic E-state index is -3.35. The van der Waals surface area contributed by atoms with Gasteiger partial charge in [-0.3, -0.25) is 4.79 Å². The molecule has 2 aromatic carbocycles. The summed E-state index contributed by atoms with van der Waals surface area (Å²) in [4.78, 5) is 17.5. The summed E-state index contributed by atoms with van der Waals surface area (Å²) in [6, 6.07) is 8.27. The number of rotatable bonds is 8. The first kappa shape index (κ1) is 24.3. The summed E-state index contributed by atoms with van der Waals surface area (Å²) in [6.45, 7) is 4.17. The molecule has 0 saturated heterocycles. The number of hydrogen-bond donors (Lipinski definition) is 0. The molecular weight excluding hydrogens is 464 g/mol. The lowest BCUT2D eigenvalue weighted by molar-refractivity contribution is -0.113. The van der Waals surface area contributed by atoms with Crippen molar-refractivity contribution in [1.29, 1.82) is 0 Å². The fourth-order valence-electron chi connectivity index (χ4n) is 3.17. The Kier molecular flexibility index (Phi) is 7.39. The molecule has 0 N–H and O–H groups in total. The Morgan fingerprint density at radius 2 is 1.79 bits per heavy atom. The summed E-state index contributed by atoms with van der Waals surface area (Å²) in [7, 11) is 1.19. The van der Waals surface area contributed by atoms with E-state index in [-0.39, 0.29) is 4.90 Å². The zero-order chi connectivity index (χ0) is 24.2. The van der Waals surface area contributed by atoms with Crippen molar-refractivity contribution in [3.05, 3.63) is 59.4 Å². The molecule has 0 aliphatic rings. The average molecular weight is 489 g/mol. The largest absolute Gasteiger partial charge is 0.493 e. The number of hydrogen-bond acceptors (Lipinski definition) is 7. The van der Waals surface area contributed by atoms with E-state index < -0.39 is 15.7 Å². The lowest BCUT2D eigenvalue weighted by Gasteiger charge is -2.12. The van der Waals surface area contributed by atoms with Gasteiger partial charge in [-0.1, -0.05) is 17.4 Å². The third-order valence-corrected chi connectivity index (χ3v) is 6.86. The van der Waals surface area contributed by atoms with Crippen LogP contribution in [-0.2, 0) is 21.2 Å². The molecule has 8 nitrogen and oxygen atoms in total. The zero-order valence-electron chi connectivity index (χ0n) is 18.7. The molecule has 1 amide bonds. The van der Waals surface area contributed by atoms with Crippen molar-refractivity contribution < 1.29 is 27.4 Å². The summed E-state index contributed by atoms with van der Waals surface area (Å²) in [6.07, 6.45) is 5.78. The molecule has 0 fully saturated rings. The highest BCUT2D eigenvalue weighted by atomic mass is 32.2. The maximum atomic E-state index is 12.6. The minimum absolute atomic E-state index is 0.210. The second-order valence-corrected chi connectivity index (χ2v) is 9.95. The van der Waals surface area contributed by atoms with Gasteiger partial charge in [-0.2, -0.15) is 4.99 Å². The summed E-state index contributed by atoms with van der Waals surface area (Å²) in [5, 5.41) is 0. The number of allylic oxidation sites excluding steroid dienone is 1. The Labute approximate surface area is 196 Å². The number of thiazole rings is 1. The van der Waals surface area contributed by atoms with Gasteiger partial charge < -0.3 is 18.8 Å². The van der Waals surface area contributed by atoms with E-state index in [1.165, 1.54) is 38.7 Å². The fourth-order valence-corrected chi connectivity index (χ4v) is 4.98. The van der Waals surface area contributed by atoms with Crippen molar-refractivity contribution in [3.8, 4) is 17.2 Å². The van der Waals surface area contributed by atoms with E-state index in [0.29, 0.717) is 38.9 Å². The lowest BCUT2D eigenvalue weighted by atomic mass is 10.1. The second-order valence-electron chi connectivity index (χ2n) is 6.93. The molecule has 0 aliphatic heterocycles. The molecule has 3 aromatic rings. The van der Waals surface area contributed by atoms with Crippen LogP contribution in [0.25, 0.3) is 16.3 Å². The van der Waals surface area contributed by atoms with E-state index in [2.05, 4.69) is 11.6 Å². The van der Waals surface area contributed by atoms with E-state index in [1.807, 2.05) is 4.57 Å². The van der Waals surface area contributed by atoms with Crippen molar-refractivity contribution in [2.24, 2.45) is 4.99 Å². The first-order chi connectivity index (χ1) is 15.7. The second kappa shape index (κ2) is 10.1. The predicted molar refractivity (Wildman–Crippen MR) is 129 cm³/mol. The lowest BCUT2D eigenvalue weighted by Crippen LogP contribution is -2.15. The Hall–Kier alpha value is -3.37. The third kappa shape index (κ3) is 5.35. The SMILES string of the molecule is C=CCn1c(=NC(=O)/C=C\c2cc(OC)c(OC)c(OC)c2)sc2cc(S(C)(=O)=O)ccc21. The highest BCUT2D eigenvalue weighted by molar-refractivity contribution is 7.90. The zero-order valence-corrected chi connectivity index (χ0v) is 20.3. The normalized spacial score (nSPS) is 12.3. The van der Waals surface area contributed by atoms with Gasteiger partial charge in [0.1, 0.15) is 0 Å². The smallest absolute Gasteiger partial charge is 0.272 e. The van der Waals surface area contributed by atoms with Crippen LogP contribution in [0.1, 0.15) is 5.56 Å². The van der Waals surface area contributed by atoms with Gasteiger partial charge in [0.2, 0.25) is 5.75 Å². The van der Waals surface area contributed by atoms with Gasteiger partial charge in [0.15, 0.2) is 26.1 Å². The van der Waals surface area contributed by atoms with E-state index in [0.717, 1.165) is 11.8 Å². The minimum Gasteiger partial charge on any atom is -0.493 e. The van der Waals surface area contributed by atoms with Crippen molar-refractivity contribution >= 4 is 43.4 Å². The van der Waals surface area contributed by atoms with Gasteiger partial charge in [0.05, 0.1) is 36.4 Å². The molecule has 0 radical (unpaired) electrons. The number of methoxy groups -OCH3 is 3. The molecule has 0 unspecified atom stereocenters. The van der Waals surface area contributed by atoms with E-state index in [1.54, 1.807) is 42.5 Å². The van der Waals surface area contributed by atoms with Gasteiger partial charge in [-0.15, -0.1) is 6.58 Å². The standard InChI is InChI=1S/C23H24N2O6S2/c1-6-11-25-17-9-8-16(33(5,27)28)14-20(17)32-23(25)24-21(26)10-7-15-12-18(29-2)22(31-4)19(13-15)30-3/h6-10,12-14H,1,11H2,2-5H3/b10-7-,24-23?. The Morgan fingerprint density at radius 3 is 2.33 bits per heavy atom. The van der Waals surface area contributed by atoms with Gasteiger partial charge in [0, 0.05) is 18.9 Å². The topological polar surface area (TPSA) is 96.2 Å². The first-order valence-electron chi connectivity index (χ1n) is 9.73. The maximum absolute atomic E-state index is 12.6. The summed E-state index contributed by atoms with van der Waals surface area (Å²) < 4.78 is 42.3. The summed E-state index contributed by atoms with van der Waals surface area (Å²) in [5.74, 6) is 0.917. The van der Waals surface area contributed by atoms with Crippen molar-refractivity contribution in [1.82, 2.24) is 4.57 Å². The molecule has 0 aliphatic carbocycles. The predicted octanol–water partition coefficient (Wildman–Crippen LogP) is 3.46. The Balaban J connectivity index is 2.01. The number of fused-ring (bicyclic) bond motifs is 1. The van der Waals surface area contributed by atoms with E-state index in [9.17, 15) is 13.2 Å². The molecule has 33 heavy (non-hydrogen) atoms. The molecule has 174 valence electrons. The Morgan fingerprint density at radius 1 is 1.12 bits per heavy atom. The molecule has 0 spiro atoms. The molecule has 0 atom stereocenters. The molecule has 0 saturated carbocycles. The quantitative estimate of drug-likeness (QED) is 0.356. The van der Waals surface area contributed by atoms with Crippen molar-refractivity contribution in [2.45, 2.75) is 11.4 Å². The first-order valence-corrected chi connectivity index (χ1v) is 12.4. The van der Waals surface area contributed by atoms with Crippen LogP contribution >= 0.6 is 11.3 Å². The number of ether oxygens (including phenoxy) is 3. The molecule has 10 heteroatoms. The van der Waals surface area contributed by atoms with Gasteiger partial charge in [0.25, 0.3) is 5.91 Å². The van der Waals surface area contributed by atoms with Crippen LogP contribution in [0.2, 0.25) is 0 Å². The van der Waals surface area contributed by atoms with Crippen molar-refractivity contribution in [3.63, 3.8) is 0 Å². The molecule has 3 rings (SSSR count). The number of amides is 1. The molecule has 1 heterocycles. The molecule has 1 aromatic heterocycles. The maximum Gasteiger partial charge on any atom is 0.272 e. The highest BCUT2D eigenvalue weighted by Gasteiger charge is 2.13. The number of aromatic nitrogens is 1. The highest BCUT2D eigenvalue weighted by Crippen LogP contribution is 2.38. The van der Waals surface area contributed by atoms with Gasteiger partial charge in [-0.25, -0.2) is 8.42 Å². The van der Waals surface area contributed by atoms with Crippen LogP contribution in [0.4, 0.5) is 0 Å².